The van der Waals surface area contributed by atoms with Crippen molar-refractivity contribution in [1.82, 2.24) is 24.7 Å². The van der Waals surface area contributed by atoms with Gasteiger partial charge in [0.2, 0.25) is 11.9 Å². The standard InChI is InChI=1S/C29H34N8O2/c1-4-27(38)32-25-8-6-5-7-21(25)18-37-19-22-17-30-28(33-26(22)20-35(3)29(37)39)31-23-9-11-24(12-10-23)36-15-13-34(2)14-16-36/h4-12,17H,1,13-16,18-20H2,2-3H3,(H,32,38)(H,30,31,33). The fraction of sp³-hybridized carbons (Fsp3) is 0.310. The van der Waals surface area contributed by atoms with Crippen molar-refractivity contribution in [1.29, 1.82) is 0 Å². The van der Waals surface area contributed by atoms with Crippen LogP contribution in [0.5, 0.6) is 0 Å². The zero-order chi connectivity index (χ0) is 27.4. The summed E-state index contributed by atoms with van der Waals surface area (Å²) in [6.07, 6.45) is 3.01. The Labute approximate surface area is 228 Å². The number of aromatic nitrogens is 2. The molecule has 2 aliphatic heterocycles. The third-order valence-electron chi connectivity index (χ3n) is 7.11. The number of carbonyl (C=O) groups is 2. The van der Waals surface area contributed by atoms with Gasteiger partial charge in [0.25, 0.3) is 0 Å². The van der Waals surface area contributed by atoms with Crippen LogP contribution in [0.2, 0.25) is 0 Å². The smallest absolute Gasteiger partial charge is 0.320 e. The maximum atomic E-state index is 13.2. The highest BCUT2D eigenvalue weighted by Crippen LogP contribution is 2.25. The van der Waals surface area contributed by atoms with E-state index in [9.17, 15) is 9.59 Å². The molecule has 2 aliphatic rings. The van der Waals surface area contributed by atoms with E-state index in [1.165, 1.54) is 11.8 Å². The molecule has 10 heteroatoms. The lowest BCUT2D eigenvalue weighted by Crippen LogP contribution is -2.44. The molecule has 0 aliphatic carbocycles. The SMILES string of the molecule is C=CC(=O)Nc1ccccc1CN1Cc2cnc(Nc3ccc(N4CCN(C)CC4)cc3)nc2CN(C)C1=O. The van der Waals surface area contributed by atoms with E-state index in [1.807, 2.05) is 36.4 Å². The van der Waals surface area contributed by atoms with Gasteiger partial charge in [-0.2, -0.15) is 0 Å². The molecule has 1 fully saturated rings. The lowest BCUT2D eigenvalue weighted by atomic mass is 10.1. The molecule has 202 valence electrons. The van der Waals surface area contributed by atoms with Gasteiger partial charge in [0.15, 0.2) is 0 Å². The van der Waals surface area contributed by atoms with Gasteiger partial charge in [-0.25, -0.2) is 14.8 Å². The van der Waals surface area contributed by atoms with Crippen LogP contribution in [0.4, 0.5) is 27.8 Å². The molecular weight excluding hydrogens is 492 g/mol. The van der Waals surface area contributed by atoms with E-state index in [4.69, 9.17) is 4.98 Å². The minimum Gasteiger partial charge on any atom is -0.369 e. The van der Waals surface area contributed by atoms with Gasteiger partial charge < -0.3 is 30.2 Å². The van der Waals surface area contributed by atoms with Crippen molar-refractivity contribution >= 4 is 34.9 Å². The molecular formula is C29H34N8O2. The van der Waals surface area contributed by atoms with Crippen LogP contribution in [-0.2, 0) is 24.4 Å². The number of rotatable bonds is 7. The Bertz CT molecular complexity index is 1350. The van der Waals surface area contributed by atoms with Crippen LogP contribution in [0.3, 0.4) is 0 Å². The predicted molar refractivity (Wildman–Crippen MR) is 153 cm³/mol. The van der Waals surface area contributed by atoms with Crippen molar-refractivity contribution in [3.05, 3.63) is 84.2 Å². The van der Waals surface area contributed by atoms with Crippen molar-refractivity contribution in [3.63, 3.8) is 0 Å². The number of likely N-dealkylation sites (N-methyl/N-ethyl adjacent to an activating group) is 1. The maximum Gasteiger partial charge on any atom is 0.320 e. The van der Waals surface area contributed by atoms with Crippen LogP contribution in [0.15, 0.2) is 67.4 Å². The summed E-state index contributed by atoms with van der Waals surface area (Å²) in [6, 6.07) is 15.7. The average Bonchev–Trinajstić information content (AvgIpc) is 3.06. The van der Waals surface area contributed by atoms with Crippen molar-refractivity contribution < 1.29 is 9.59 Å². The number of fused-ring (bicyclic) bond motifs is 1. The molecule has 2 N–H and O–H groups in total. The van der Waals surface area contributed by atoms with Gasteiger partial charge in [0.05, 0.1) is 18.8 Å². The quantitative estimate of drug-likeness (QED) is 0.454. The van der Waals surface area contributed by atoms with Gasteiger partial charge in [-0.15, -0.1) is 0 Å². The molecule has 2 aromatic carbocycles. The topological polar surface area (TPSA) is 96.9 Å². The van der Waals surface area contributed by atoms with Crippen LogP contribution in [0.1, 0.15) is 16.8 Å². The molecule has 3 heterocycles. The lowest BCUT2D eigenvalue weighted by molar-refractivity contribution is -0.111. The summed E-state index contributed by atoms with van der Waals surface area (Å²) in [7, 11) is 3.92. The van der Waals surface area contributed by atoms with E-state index < -0.39 is 0 Å². The first kappa shape index (κ1) is 26.2. The molecule has 0 spiro atoms. The van der Waals surface area contributed by atoms with Crippen LogP contribution in [0, 0.1) is 0 Å². The highest BCUT2D eigenvalue weighted by atomic mass is 16.2. The van der Waals surface area contributed by atoms with Crippen LogP contribution >= 0.6 is 0 Å². The third-order valence-corrected chi connectivity index (χ3v) is 7.11. The Morgan fingerprint density at radius 1 is 1.03 bits per heavy atom. The summed E-state index contributed by atoms with van der Waals surface area (Å²) in [5.74, 6) is 0.197. The van der Waals surface area contributed by atoms with E-state index in [0.717, 1.165) is 48.7 Å². The number of urea groups is 1. The summed E-state index contributed by atoms with van der Waals surface area (Å²) < 4.78 is 0. The van der Waals surface area contributed by atoms with E-state index in [1.54, 1.807) is 23.0 Å². The summed E-state index contributed by atoms with van der Waals surface area (Å²) in [5, 5.41) is 6.12. The van der Waals surface area contributed by atoms with Crippen molar-refractivity contribution in [2.45, 2.75) is 19.6 Å². The van der Waals surface area contributed by atoms with Crippen molar-refractivity contribution in [2.75, 3.05) is 55.8 Å². The van der Waals surface area contributed by atoms with Crippen LogP contribution in [-0.4, -0.2) is 76.9 Å². The molecule has 3 aromatic rings. The second kappa shape index (κ2) is 11.5. The molecule has 0 unspecified atom stereocenters. The largest absolute Gasteiger partial charge is 0.369 e. The number of benzene rings is 2. The molecule has 0 atom stereocenters. The molecule has 0 bridgehead atoms. The van der Waals surface area contributed by atoms with Gasteiger partial charge in [-0.1, -0.05) is 24.8 Å². The summed E-state index contributed by atoms with van der Waals surface area (Å²) in [4.78, 5) is 42.5. The molecule has 3 amide bonds. The number of anilines is 4. The number of piperazine rings is 1. The van der Waals surface area contributed by atoms with Gasteiger partial charge in [-0.05, 0) is 49.0 Å². The molecule has 5 rings (SSSR count). The number of hydrogen-bond acceptors (Lipinski definition) is 7. The first-order valence-corrected chi connectivity index (χ1v) is 13.1. The number of nitrogens with zero attached hydrogens (tertiary/aromatic N) is 6. The van der Waals surface area contributed by atoms with Crippen LogP contribution < -0.4 is 15.5 Å². The second-order valence-electron chi connectivity index (χ2n) is 9.97. The highest BCUT2D eigenvalue weighted by molar-refractivity contribution is 5.99. The summed E-state index contributed by atoms with van der Waals surface area (Å²) in [6.45, 7) is 8.76. The molecule has 39 heavy (non-hydrogen) atoms. The first-order chi connectivity index (χ1) is 18.9. The number of carbonyl (C=O) groups excluding carboxylic acids is 2. The third kappa shape index (κ3) is 6.18. The highest BCUT2D eigenvalue weighted by Gasteiger charge is 2.26. The zero-order valence-corrected chi connectivity index (χ0v) is 22.4. The van der Waals surface area contributed by atoms with Crippen LogP contribution in [0.25, 0.3) is 0 Å². The van der Waals surface area contributed by atoms with E-state index in [2.05, 4.69) is 51.2 Å². The zero-order valence-electron chi connectivity index (χ0n) is 22.4. The van der Waals surface area contributed by atoms with Gasteiger partial charge in [0, 0.05) is 68.6 Å². The van der Waals surface area contributed by atoms with Gasteiger partial charge >= 0.3 is 6.03 Å². The molecule has 0 radical (unpaired) electrons. The molecule has 1 saturated heterocycles. The van der Waals surface area contributed by atoms with Crippen molar-refractivity contribution in [2.24, 2.45) is 0 Å². The number of para-hydroxylation sites is 1. The Kier molecular flexibility index (Phi) is 7.74. The molecule has 0 saturated carbocycles. The predicted octanol–water partition coefficient (Wildman–Crippen LogP) is 3.66. The molecule has 10 nitrogen and oxygen atoms in total. The summed E-state index contributed by atoms with van der Waals surface area (Å²) >= 11 is 0. The van der Waals surface area contributed by atoms with E-state index >= 15 is 0 Å². The summed E-state index contributed by atoms with van der Waals surface area (Å²) in [5.41, 5.74) is 5.28. The maximum absolute atomic E-state index is 13.2. The average molecular weight is 527 g/mol. The Morgan fingerprint density at radius 3 is 2.51 bits per heavy atom. The molecule has 1 aromatic heterocycles. The Balaban J connectivity index is 1.29. The fourth-order valence-corrected chi connectivity index (χ4v) is 4.82. The lowest BCUT2D eigenvalue weighted by Gasteiger charge is -2.34. The van der Waals surface area contributed by atoms with Gasteiger partial charge in [0.1, 0.15) is 0 Å². The Hall–Kier alpha value is -4.44. The van der Waals surface area contributed by atoms with Crippen molar-refractivity contribution in [3.8, 4) is 0 Å². The monoisotopic (exact) mass is 526 g/mol. The first-order valence-electron chi connectivity index (χ1n) is 13.1. The van der Waals surface area contributed by atoms with E-state index in [0.29, 0.717) is 31.3 Å². The van der Waals surface area contributed by atoms with E-state index in [-0.39, 0.29) is 11.9 Å². The van der Waals surface area contributed by atoms with Gasteiger partial charge in [-0.3, -0.25) is 4.79 Å². The number of nitrogens with one attached hydrogen (secondary N) is 2. The Morgan fingerprint density at radius 2 is 1.77 bits per heavy atom. The minimum atomic E-state index is -0.297. The number of amides is 3. The minimum absolute atomic E-state index is 0.119. The fourth-order valence-electron chi connectivity index (χ4n) is 4.82. The normalized spacial score (nSPS) is 15.9. The number of hydrogen-bond donors (Lipinski definition) is 2. The second-order valence-corrected chi connectivity index (χ2v) is 9.97.